The van der Waals surface area contributed by atoms with Crippen molar-refractivity contribution in [3.8, 4) is 5.75 Å². The number of amides is 2. The molecule has 0 aromatic heterocycles. The van der Waals surface area contributed by atoms with Gasteiger partial charge in [-0.1, -0.05) is 18.2 Å². The SMILES string of the molecule is O=C1S/C(=C\c2ccc(F)c(O)c2)C(=O)N1Cc1cccc(C(F)(F)F)c1. The number of phenols is 1. The standard InChI is InChI=1S/C18H11F4NO3S/c19-13-5-4-10(7-14(13)24)8-15-16(25)23(17(26)27-15)9-11-2-1-3-12(6-11)18(20,21)22/h1-8,24H,9H2/b15-8-. The first-order valence-corrected chi connectivity index (χ1v) is 8.37. The lowest BCUT2D eigenvalue weighted by Gasteiger charge is -2.14. The van der Waals surface area contributed by atoms with Crippen molar-refractivity contribution in [2.24, 2.45) is 0 Å². The van der Waals surface area contributed by atoms with Gasteiger partial charge in [-0.25, -0.2) is 4.39 Å². The van der Waals surface area contributed by atoms with Crippen LogP contribution in [0.4, 0.5) is 22.4 Å². The van der Waals surface area contributed by atoms with Crippen molar-refractivity contribution < 1.29 is 32.3 Å². The lowest BCUT2D eigenvalue weighted by molar-refractivity contribution is -0.137. The molecular weight excluding hydrogens is 386 g/mol. The minimum absolute atomic E-state index is 0.0259. The molecule has 2 amide bonds. The summed E-state index contributed by atoms with van der Waals surface area (Å²) in [5.41, 5.74) is -0.407. The molecule has 1 saturated heterocycles. The van der Waals surface area contributed by atoms with Gasteiger partial charge in [0.05, 0.1) is 17.0 Å². The second kappa shape index (κ2) is 7.07. The van der Waals surface area contributed by atoms with E-state index in [1.54, 1.807) is 0 Å². The number of hydrogen-bond acceptors (Lipinski definition) is 4. The van der Waals surface area contributed by atoms with Crippen LogP contribution in [0.3, 0.4) is 0 Å². The van der Waals surface area contributed by atoms with Gasteiger partial charge in [0.2, 0.25) is 0 Å². The van der Waals surface area contributed by atoms with Gasteiger partial charge < -0.3 is 5.11 Å². The number of carbonyl (C=O) groups excluding carboxylic acids is 2. The Bertz CT molecular complexity index is 956. The number of alkyl halides is 3. The predicted octanol–water partition coefficient (Wildman–Crippen LogP) is 4.79. The summed E-state index contributed by atoms with van der Waals surface area (Å²) in [6, 6.07) is 7.79. The number of imide groups is 1. The van der Waals surface area contributed by atoms with E-state index in [0.29, 0.717) is 17.3 Å². The van der Waals surface area contributed by atoms with Crippen molar-refractivity contribution in [3.05, 3.63) is 69.9 Å². The molecule has 1 aliphatic heterocycles. The van der Waals surface area contributed by atoms with E-state index in [-0.39, 0.29) is 17.0 Å². The molecule has 2 aromatic rings. The third kappa shape index (κ3) is 4.13. The first kappa shape index (κ1) is 19.0. The van der Waals surface area contributed by atoms with Crippen molar-refractivity contribution in [2.75, 3.05) is 0 Å². The van der Waals surface area contributed by atoms with E-state index in [2.05, 4.69) is 0 Å². The minimum Gasteiger partial charge on any atom is -0.505 e. The largest absolute Gasteiger partial charge is 0.505 e. The number of rotatable bonds is 3. The molecule has 1 heterocycles. The summed E-state index contributed by atoms with van der Waals surface area (Å²) in [5.74, 6) is -2.11. The van der Waals surface area contributed by atoms with Gasteiger partial charge in [-0.05, 0) is 53.2 Å². The molecule has 140 valence electrons. The van der Waals surface area contributed by atoms with Crippen LogP contribution < -0.4 is 0 Å². The van der Waals surface area contributed by atoms with Gasteiger partial charge in [0, 0.05) is 0 Å². The molecule has 4 nitrogen and oxygen atoms in total. The summed E-state index contributed by atoms with van der Waals surface area (Å²) in [5, 5.41) is 8.74. The molecule has 0 spiro atoms. The molecule has 27 heavy (non-hydrogen) atoms. The molecule has 0 atom stereocenters. The van der Waals surface area contributed by atoms with Crippen LogP contribution in [0.2, 0.25) is 0 Å². The Morgan fingerprint density at radius 3 is 2.52 bits per heavy atom. The zero-order valence-corrected chi connectivity index (χ0v) is 14.3. The highest BCUT2D eigenvalue weighted by Gasteiger charge is 2.36. The number of thioether (sulfide) groups is 1. The van der Waals surface area contributed by atoms with Crippen molar-refractivity contribution in [3.63, 3.8) is 0 Å². The fourth-order valence-corrected chi connectivity index (χ4v) is 3.27. The summed E-state index contributed by atoms with van der Waals surface area (Å²) in [6.07, 6.45) is -3.23. The highest BCUT2D eigenvalue weighted by Crippen LogP contribution is 2.35. The van der Waals surface area contributed by atoms with Crippen LogP contribution in [0.1, 0.15) is 16.7 Å². The van der Waals surface area contributed by atoms with E-state index in [9.17, 15) is 32.3 Å². The number of hydrogen-bond donors (Lipinski definition) is 1. The van der Waals surface area contributed by atoms with Gasteiger partial charge in [-0.2, -0.15) is 13.2 Å². The van der Waals surface area contributed by atoms with Crippen LogP contribution in [0.25, 0.3) is 6.08 Å². The number of phenolic OH excluding ortho intramolecular Hbond substituents is 1. The molecule has 9 heteroatoms. The average molecular weight is 397 g/mol. The van der Waals surface area contributed by atoms with Crippen LogP contribution in [0, 0.1) is 5.82 Å². The van der Waals surface area contributed by atoms with Crippen molar-refractivity contribution in [2.45, 2.75) is 12.7 Å². The molecule has 3 rings (SSSR count). The quantitative estimate of drug-likeness (QED) is 0.598. The van der Waals surface area contributed by atoms with Gasteiger partial charge in [0.1, 0.15) is 0 Å². The number of nitrogens with zero attached hydrogens (tertiary/aromatic N) is 1. The zero-order chi connectivity index (χ0) is 19.8. The first-order valence-electron chi connectivity index (χ1n) is 7.55. The number of aromatic hydroxyl groups is 1. The topological polar surface area (TPSA) is 57.6 Å². The smallest absolute Gasteiger partial charge is 0.416 e. The van der Waals surface area contributed by atoms with Crippen LogP contribution in [0.15, 0.2) is 47.4 Å². The maximum Gasteiger partial charge on any atom is 0.416 e. The summed E-state index contributed by atoms with van der Waals surface area (Å²) in [7, 11) is 0. The Hall–Kier alpha value is -2.81. The molecule has 0 radical (unpaired) electrons. The second-order valence-electron chi connectivity index (χ2n) is 5.68. The van der Waals surface area contributed by atoms with Gasteiger partial charge in [0.15, 0.2) is 11.6 Å². The lowest BCUT2D eigenvalue weighted by Crippen LogP contribution is -2.27. The van der Waals surface area contributed by atoms with Crippen molar-refractivity contribution in [1.29, 1.82) is 0 Å². The number of benzene rings is 2. The van der Waals surface area contributed by atoms with Gasteiger partial charge >= 0.3 is 6.18 Å². The Morgan fingerprint density at radius 2 is 1.85 bits per heavy atom. The van der Waals surface area contributed by atoms with E-state index in [1.165, 1.54) is 24.3 Å². The molecular formula is C18H11F4NO3S. The van der Waals surface area contributed by atoms with E-state index in [4.69, 9.17) is 0 Å². The van der Waals surface area contributed by atoms with Gasteiger partial charge in [-0.3, -0.25) is 14.5 Å². The van der Waals surface area contributed by atoms with Crippen molar-refractivity contribution >= 4 is 29.0 Å². The third-order valence-electron chi connectivity index (χ3n) is 3.74. The molecule has 1 fully saturated rings. The maximum absolute atomic E-state index is 13.1. The summed E-state index contributed by atoms with van der Waals surface area (Å²) in [4.78, 5) is 25.4. The molecule has 1 aliphatic rings. The average Bonchev–Trinajstić information content (AvgIpc) is 2.85. The van der Waals surface area contributed by atoms with Gasteiger partial charge in [0.25, 0.3) is 11.1 Å². The maximum atomic E-state index is 13.1. The zero-order valence-electron chi connectivity index (χ0n) is 13.5. The lowest BCUT2D eigenvalue weighted by atomic mass is 10.1. The summed E-state index contributed by atoms with van der Waals surface area (Å²) >= 11 is 0.617. The fraction of sp³-hybridized carbons (Fsp3) is 0.111. The first-order chi connectivity index (χ1) is 12.6. The third-order valence-corrected chi connectivity index (χ3v) is 4.64. The monoisotopic (exact) mass is 397 g/mol. The molecule has 0 bridgehead atoms. The normalized spacial score (nSPS) is 16.4. The van der Waals surface area contributed by atoms with E-state index < -0.39 is 34.5 Å². The van der Waals surface area contributed by atoms with Crippen LogP contribution in [-0.4, -0.2) is 21.2 Å². The predicted molar refractivity (Wildman–Crippen MR) is 91.0 cm³/mol. The molecule has 2 aromatic carbocycles. The Balaban J connectivity index is 1.82. The number of halogens is 4. The second-order valence-corrected chi connectivity index (χ2v) is 6.67. The van der Waals surface area contributed by atoms with Crippen LogP contribution in [0.5, 0.6) is 5.75 Å². The molecule has 0 aliphatic carbocycles. The highest BCUT2D eigenvalue weighted by molar-refractivity contribution is 8.18. The minimum atomic E-state index is -4.53. The molecule has 0 saturated carbocycles. The summed E-state index contributed by atoms with van der Waals surface area (Å²) < 4.78 is 51.5. The molecule has 0 unspecified atom stereocenters. The van der Waals surface area contributed by atoms with Crippen LogP contribution >= 0.6 is 11.8 Å². The Labute approximate surface area is 155 Å². The highest BCUT2D eigenvalue weighted by atomic mass is 32.2. The van der Waals surface area contributed by atoms with Crippen LogP contribution in [-0.2, 0) is 17.5 Å². The van der Waals surface area contributed by atoms with Crippen molar-refractivity contribution in [1.82, 2.24) is 4.90 Å². The summed E-state index contributed by atoms with van der Waals surface area (Å²) in [6.45, 7) is -0.305. The van der Waals surface area contributed by atoms with E-state index in [1.807, 2.05) is 0 Å². The fourth-order valence-electron chi connectivity index (χ4n) is 2.44. The Morgan fingerprint density at radius 1 is 1.11 bits per heavy atom. The van der Waals surface area contributed by atoms with E-state index >= 15 is 0 Å². The number of carbonyl (C=O) groups is 2. The molecule has 1 N–H and O–H groups in total. The Kier molecular flexibility index (Phi) is 4.97. The van der Waals surface area contributed by atoms with Gasteiger partial charge in [-0.15, -0.1) is 0 Å². The van der Waals surface area contributed by atoms with E-state index in [0.717, 1.165) is 29.2 Å².